The smallest absolute Gasteiger partial charge is 0.409 e. The van der Waals surface area contributed by atoms with E-state index in [0.29, 0.717) is 49.5 Å². The molecule has 33 heavy (non-hydrogen) atoms. The molecule has 1 aliphatic rings. The van der Waals surface area contributed by atoms with E-state index in [1.54, 1.807) is 34.8 Å². The molecule has 0 aliphatic carbocycles. The summed E-state index contributed by atoms with van der Waals surface area (Å²) in [5, 5.41) is 7.75. The van der Waals surface area contributed by atoms with Gasteiger partial charge < -0.3 is 15.0 Å². The van der Waals surface area contributed by atoms with Crippen LogP contribution in [-0.4, -0.2) is 52.4 Å². The minimum Gasteiger partial charge on any atom is -0.450 e. The predicted octanol–water partition coefficient (Wildman–Crippen LogP) is 4.34. The second-order valence-corrected chi connectivity index (χ2v) is 8.12. The Kier molecular flexibility index (Phi) is 6.72. The molecule has 0 atom stereocenters. The molecular weight excluding hydrogens is 423 g/mol. The topological polar surface area (TPSA) is 76.5 Å². The number of ether oxygens (including phenoxy) is 1. The molecule has 0 spiro atoms. The molecule has 8 heteroatoms. The van der Waals surface area contributed by atoms with E-state index in [9.17, 15) is 14.0 Å². The van der Waals surface area contributed by atoms with Crippen molar-refractivity contribution in [1.29, 1.82) is 0 Å². The van der Waals surface area contributed by atoms with Crippen LogP contribution in [0, 0.1) is 12.7 Å². The maximum absolute atomic E-state index is 13.4. The number of aryl methyl sites for hydroxylation is 1. The summed E-state index contributed by atoms with van der Waals surface area (Å²) in [7, 11) is 0. The summed E-state index contributed by atoms with van der Waals surface area (Å²) < 4.78 is 20.0. The second kappa shape index (κ2) is 9.85. The number of carbonyl (C=O) groups is 2. The molecule has 1 N–H and O–H groups in total. The Morgan fingerprint density at radius 1 is 1.15 bits per heavy atom. The van der Waals surface area contributed by atoms with Crippen molar-refractivity contribution in [3.8, 4) is 16.9 Å². The Morgan fingerprint density at radius 3 is 2.55 bits per heavy atom. The maximum atomic E-state index is 13.4. The Labute approximate surface area is 192 Å². The lowest BCUT2D eigenvalue weighted by Crippen LogP contribution is -2.46. The number of nitrogens with zero attached hydrogens (tertiary/aromatic N) is 3. The number of piperidine rings is 1. The fourth-order valence-corrected chi connectivity index (χ4v) is 3.96. The van der Waals surface area contributed by atoms with Crippen molar-refractivity contribution in [2.24, 2.45) is 0 Å². The van der Waals surface area contributed by atoms with Gasteiger partial charge >= 0.3 is 6.09 Å². The van der Waals surface area contributed by atoms with E-state index < -0.39 is 0 Å². The van der Waals surface area contributed by atoms with Crippen LogP contribution < -0.4 is 5.32 Å². The van der Waals surface area contributed by atoms with Crippen LogP contribution >= 0.6 is 0 Å². The van der Waals surface area contributed by atoms with Crippen molar-refractivity contribution in [1.82, 2.24) is 20.0 Å². The van der Waals surface area contributed by atoms with Crippen LogP contribution in [0.2, 0.25) is 0 Å². The van der Waals surface area contributed by atoms with E-state index in [1.165, 1.54) is 12.1 Å². The molecule has 2 amide bonds. The van der Waals surface area contributed by atoms with Gasteiger partial charge in [-0.1, -0.05) is 23.8 Å². The minimum absolute atomic E-state index is 0.0530. The first-order valence-corrected chi connectivity index (χ1v) is 11.1. The number of likely N-dealkylation sites (tertiary alicyclic amines) is 1. The first kappa shape index (κ1) is 22.5. The van der Waals surface area contributed by atoms with Crippen molar-refractivity contribution < 1.29 is 18.7 Å². The van der Waals surface area contributed by atoms with Gasteiger partial charge in [0.25, 0.3) is 5.91 Å². The average Bonchev–Trinajstić information content (AvgIpc) is 3.26. The highest BCUT2D eigenvalue weighted by molar-refractivity contribution is 6.00. The number of carbonyl (C=O) groups excluding carboxylic acids is 2. The van der Waals surface area contributed by atoms with Gasteiger partial charge in [-0.05, 0) is 57.0 Å². The van der Waals surface area contributed by atoms with Crippen LogP contribution in [0.15, 0.2) is 54.7 Å². The first-order valence-electron chi connectivity index (χ1n) is 11.1. The number of halogens is 1. The summed E-state index contributed by atoms with van der Waals surface area (Å²) in [5.41, 5.74) is 3.55. The summed E-state index contributed by atoms with van der Waals surface area (Å²) in [5.74, 6) is -0.564. The third-order valence-corrected chi connectivity index (χ3v) is 5.70. The third-order valence-electron chi connectivity index (χ3n) is 5.70. The van der Waals surface area contributed by atoms with Gasteiger partial charge in [0.05, 0.1) is 17.9 Å². The first-order chi connectivity index (χ1) is 15.9. The maximum Gasteiger partial charge on any atom is 0.409 e. The Bertz CT molecular complexity index is 1130. The van der Waals surface area contributed by atoms with Crippen LogP contribution in [0.4, 0.5) is 9.18 Å². The summed E-state index contributed by atoms with van der Waals surface area (Å²) in [6.45, 7) is 5.17. The lowest BCUT2D eigenvalue weighted by Gasteiger charge is -2.31. The van der Waals surface area contributed by atoms with Gasteiger partial charge in [0.2, 0.25) is 0 Å². The van der Waals surface area contributed by atoms with Crippen molar-refractivity contribution in [3.63, 3.8) is 0 Å². The van der Waals surface area contributed by atoms with Gasteiger partial charge in [0.1, 0.15) is 11.5 Å². The van der Waals surface area contributed by atoms with Gasteiger partial charge in [0, 0.05) is 30.9 Å². The molecule has 4 rings (SSSR count). The fourth-order valence-electron chi connectivity index (χ4n) is 3.96. The van der Waals surface area contributed by atoms with E-state index in [4.69, 9.17) is 4.74 Å². The van der Waals surface area contributed by atoms with Gasteiger partial charge in [-0.2, -0.15) is 5.10 Å². The molecule has 0 saturated carbocycles. The fraction of sp³-hybridized carbons (Fsp3) is 0.320. The molecule has 0 radical (unpaired) electrons. The lowest BCUT2D eigenvalue weighted by atomic mass is 10.0. The number of benzene rings is 2. The zero-order valence-corrected chi connectivity index (χ0v) is 18.8. The van der Waals surface area contributed by atoms with Crippen LogP contribution in [0.3, 0.4) is 0 Å². The minimum atomic E-state index is -0.336. The van der Waals surface area contributed by atoms with E-state index in [1.807, 2.05) is 31.2 Å². The molecule has 0 unspecified atom stereocenters. The highest BCUT2D eigenvalue weighted by atomic mass is 19.1. The summed E-state index contributed by atoms with van der Waals surface area (Å²) in [4.78, 5) is 26.9. The largest absolute Gasteiger partial charge is 0.450 e. The molecule has 2 heterocycles. The molecular formula is C25H27FN4O3. The molecule has 1 aromatic heterocycles. The van der Waals surface area contributed by atoms with Crippen molar-refractivity contribution in [3.05, 3.63) is 71.7 Å². The molecule has 1 fully saturated rings. The standard InChI is InChI=1S/C25H27FN4O3/c1-3-33-25(32)29-13-11-20(12-14-29)27-24(31)22-16-30(21-9-7-19(26)8-10-21)28-23(22)18-6-4-5-17(2)15-18/h4-10,15-16,20H,3,11-14H2,1-2H3,(H,27,31). The number of hydrogen-bond acceptors (Lipinski definition) is 4. The molecule has 172 valence electrons. The van der Waals surface area contributed by atoms with Crippen LogP contribution in [0.5, 0.6) is 0 Å². The molecule has 1 saturated heterocycles. The number of aromatic nitrogens is 2. The molecule has 3 aromatic rings. The van der Waals surface area contributed by atoms with Crippen molar-refractivity contribution >= 4 is 12.0 Å². The average molecular weight is 451 g/mol. The molecule has 1 aliphatic heterocycles. The summed E-state index contributed by atoms with van der Waals surface area (Å²) in [6.07, 6.45) is 2.66. The van der Waals surface area contributed by atoms with Crippen molar-refractivity contribution in [2.75, 3.05) is 19.7 Å². The quantitative estimate of drug-likeness (QED) is 0.628. The van der Waals surface area contributed by atoms with E-state index in [2.05, 4.69) is 10.4 Å². The normalized spacial score (nSPS) is 14.2. The number of amides is 2. The van der Waals surface area contributed by atoms with E-state index in [-0.39, 0.29) is 23.9 Å². The number of hydrogen-bond donors (Lipinski definition) is 1. The zero-order valence-electron chi connectivity index (χ0n) is 18.8. The zero-order chi connectivity index (χ0) is 23.4. The van der Waals surface area contributed by atoms with Crippen LogP contribution in [-0.2, 0) is 4.74 Å². The van der Waals surface area contributed by atoms with E-state index in [0.717, 1.165) is 11.1 Å². The Morgan fingerprint density at radius 2 is 1.88 bits per heavy atom. The van der Waals surface area contributed by atoms with Gasteiger partial charge in [-0.3, -0.25) is 4.79 Å². The second-order valence-electron chi connectivity index (χ2n) is 8.12. The molecule has 2 aromatic carbocycles. The van der Waals surface area contributed by atoms with Gasteiger partial charge in [0.15, 0.2) is 0 Å². The van der Waals surface area contributed by atoms with Gasteiger partial charge in [-0.15, -0.1) is 0 Å². The van der Waals surface area contributed by atoms with Gasteiger partial charge in [-0.25, -0.2) is 13.9 Å². The van der Waals surface area contributed by atoms with E-state index >= 15 is 0 Å². The Hall–Kier alpha value is -3.68. The summed E-state index contributed by atoms with van der Waals surface area (Å²) in [6, 6.07) is 13.7. The molecule has 7 nitrogen and oxygen atoms in total. The predicted molar refractivity (Wildman–Crippen MR) is 123 cm³/mol. The van der Waals surface area contributed by atoms with Crippen LogP contribution in [0.25, 0.3) is 16.9 Å². The summed E-state index contributed by atoms with van der Waals surface area (Å²) >= 11 is 0. The highest BCUT2D eigenvalue weighted by Crippen LogP contribution is 2.25. The van der Waals surface area contributed by atoms with Crippen molar-refractivity contribution in [2.45, 2.75) is 32.7 Å². The van der Waals surface area contributed by atoms with Crippen LogP contribution in [0.1, 0.15) is 35.7 Å². The third kappa shape index (κ3) is 5.22. The monoisotopic (exact) mass is 450 g/mol. The SMILES string of the molecule is CCOC(=O)N1CCC(NC(=O)c2cn(-c3ccc(F)cc3)nc2-c2cccc(C)c2)CC1. The number of nitrogens with one attached hydrogen (secondary N) is 1. The Balaban J connectivity index is 1.56. The lowest BCUT2D eigenvalue weighted by molar-refractivity contribution is 0.0860. The highest BCUT2D eigenvalue weighted by Gasteiger charge is 2.26. The molecule has 0 bridgehead atoms. The number of rotatable bonds is 5.